The van der Waals surface area contributed by atoms with Crippen LogP contribution in [0.1, 0.15) is 34.1 Å². The van der Waals surface area contributed by atoms with Gasteiger partial charge in [-0.3, -0.25) is 4.79 Å². The van der Waals surface area contributed by atoms with Gasteiger partial charge in [0.1, 0.15) is 6.61 Å². The summed E-state index contributed by atoms with van der Waals surface area (Å²) < 4.78 is 4.71. The van der Waals surface area contributed by atoms with Crippen molar-refractivity contribution in [1.82, 2.24) is 0 Å². The van der Waals surface area contributed by atoms with Crippen LogP contribution in [0.25, 0.3) is 0 Å². The molecular formula is C12H19NO4. The van der Waals surface area contributed by atoms with Gasteiger partial charge in [0.05, 0.1) is 6.61 Å². The van der Waals surface area contributed by atoms with Gasteiger partial charge < -0.3 is 9.57 Å². The SMILES string of the molecule is CCOC(=O)C(=NOCC1CC1(C)C)C(C)=O. The van der Waals surface area contributed by atoms with Crippen LogP contribution in [-0.4, -0.2) is 30.7 Å². The van der Waals surface area contributed by atoms with Gasteiger partial charge in [-0.25, -0.2) is 4.79 Å². The van der Waals surface area contributed by atoms with Gasteiger partial charge in [-0.15, -0.1) is 0 Å². The van der Waals surface area contributed by atoms with E-state index < -0.39 is 11.8 Å². The second kappa shape index (κ2) is 5.29. The van der Waals surface area contributed by atoms with Gasteiger partial charge in [0.15, 0.2) is 5.78 Å². The van der Waals surface area contributed by atoms with E-state index in [2.05, 4.69) is 19.0 Å². The Morgan fingerprint density at radius 3 is 2.41 bits per heavy atom. The van der Waals surface area contributed by atoms with Crippen molar-refractivity contribution in [3.8, 4) is 0 Å². The molecule has 0 N–H and O–H groups in total. The first-order chi connectivity index (χ1) is 7.88. The number of rotatable bonds is 6. The molecule has 1 atom stereocenters. The van der Waals surface area contributed by atoms with Gasteiger partial charge in [0.2, 0.25) is 5.71 Å². The fourth-order valence-electron chi connectivity index (χ4n) is 1.50. The quantitative estimate of drug-likeness (QED) is 0.306. The lowest BCUT2D eigenvalue weighted by atomic mass is 10.1. The topological polar surface area (TPSA) is 65.0 Å². The predicted molar refractivity (Wildman–Crippen MR) is 62.6 cm³/mol. The second-order valence-corrected chi connectivity index (χ2v) is 4.90. The molecule has 0 aromatic rings. The Labute approximate surface area is 101 Å². The summed E-state index contributed by atoms with van der Waals surface area (Å²) in [6, 6.07) is 0. The number of hydrogen-bond donors (Lipinski definition) is 0. The van der Waals surface area contributed by atoms with E-state index in [0.29, 0.717) is 12.5 Å². The lowest BCUT2D eigenvalue weighted by Crippen LogP contribution is -2.25. The highest BCUT2D eigenvalue weighted by Gasteiger charge is 2.46. The zero-order chi connectivity index (χ0) is 13.1. The molecule has 0 saturated heterocycles. The molecule has 0 heterocycles. The van der Waals surface area contributed by atoms with Crippen molar-refractivity contribution in [2.45, 2.75) is 34.1 Å². The van der Waals surface area contributed by atoms with Gasteiger partial charge in [0, 0.05) is 12.8 Å². The first-order valence-corrected chi connectivity index (χ1v) is 5.76. The molecule has 96 valence electrons. The van der Waals surface area contributed by atoms with Crippen molar-refractivity contribution >= 4 is 17.5 Å². The first kappa shape index (κ1) is 13.7. The second-order valence-electron chi connectivity index (χ2n) is 4.90. The van der Waals surface area contributed by atoms with Crippen LogP contribution < -0.4 is 0 Å². The zero-order valence-corrected chi connectivity index (χ0v) is 10.8. The molecule has 5 heteroatoms. The van der Waals surface area contributed by atoms with E-state index in [1.165, 1.54) is 6.92 Å². The minimum Gasteiger partial charge on any atom is -0.461 e. The van der Waals surface area contributed by atoms with E-state index in [4.69, 9.17) is 9.57 Å². The van der Waals surface area contributed by atoms with Gasteiger partial charge in [-0.1, -0.05) is 19.0 Å². The summed E-state index contributed by atoms with van der Waals surface area (Å²) >= 11 is 0. The number of Topliss-reactive ketones (excluding diaryl/α,β-unsaturated/α-hetero) is 1. The van der Waals surface area contributed by atoms with Crippen molar-refractivity contribution in [2.75, 3.05) is 13.2 Å². The molecule has 1 aliphatic carbocycles. The summed E-state index contributed by atoms with van der Waals surface area (Å²) in [6.07, 6.45) is 1.08. The summed E-state index contributed by atoms with van der Waals surface area (Å²) in [6.45, 7) is 7.86. The minimum absolute atomic E-state index is 0.209. The molecule has 0 radical (unpaired) electrons. The molecule has 5 nitrogen and oxygen atoms in total. The number of carbonyl (C=O) groups excluding carboxylic acids is 2. The first-order valence-electron chi connectivity index (χ1n) is 5.76. The average molecular weight is 241 g/mol. The standard InChI is InChI=1S/C12H19NO4/c1-5-16-11(15)10(8(2)14)13-17-7-9-6-12(9,3)4/h9H,5-7H2,1-4H3. The number of hydrogen-bond acceptors (Lipinski definition) is 5. The molecule has 0 amide bonds. The van der Waals surface area contributed by atoms with Crippen molar-refractivity contribution in [3.05, 3.63) is 0 Å². The largest absolute Gasteiger partial charge is 0.461 e. The van der Waals surface area contributed by atoms with Crippen molar-refractivity contribution in [3.63, 3.8) is 0 Å². The predicted octanol–water partition coefficient (Wildman–Crippen LogP) is 1.56. The summed E-state index contributed by atoms with van der Waals surface area (Å²) in [5, 5.41) is 3.58. The number of nitrogens with zero attached hydrogens (tertiary/aromatic N) is 1. The van der Waals surface area contributed by atoms with Crippen LogP contribution in [0.15, 0.2) is 5.16 Å². The Morgan fingerprint density at radius 1 is 1.41 bits per heavy atom. The minimum atomic E-state index is -0.727. The van der Waals surface area contributed by atoms with Crippen LogP contribution in [-0.2, 0) is 19.2 Å². The molecule has 1 saturated carbocycles. The van der Waals surface area contributed by atoms with Crippen LogP contribution >= 0.6 is 0 Å². The Kier molecular flexibility index (Phi) is 4.26. The van der Waals surface area contributed by atoms with Crippen LogP contribution in [0.3, 0.4) is 0 Å². The fraction of sp³-hybridized carbons (Fsp3) is 0.750. The number of esters is 1. The normalized spacial score (nSPS) is 21.9. The summed E-state index contributed by atoms with van der Waals surface area (Å²) in [5.41, 5.74) is 0.0147. The molecular weight excluding hydrogens is 222 g/mol. The summed E-state index contributed by atoms with van der Waals surface area (Å²) in [4.78, 5) is 27.6. The van der Waals surface area contributed by atoms with E-state index in [9.17, 15) is 9.59 Å². The van der Waals surface area contributed by atoms with Crippen molar-refractivity contribution in [2.24, 2.45) is 16.5 Å². The maximum Gasteiger partial charge on any atom is 0.364 e. The third-order valence-corrected chi connectivity index (χ3v) is 2.95. The van der Waals surface area contributed by atoms with E-state index >= 15 is 0 Å². The van der Waals surface area contributed by atoms with Crippen LogP contribution in [0.2, 0.25) is 0 Å². The molecule has 0 spiro atoms. The van der Waals surface area contributed by atoms with Crippen molar-refractivity contribution in [1.29, 1.82) is 0 Å². The third kappa shape index (κ3) is 3.84. The zero-order valence-electron chi connectivity index (χ0n) is 10.8. The molecule has 1 rings (SSSR count). The fourth-order valence-corrected chi connectivity index (χ4v) is 1.50. The maximum absolute atomic E-state index is 11.3. The van der Waals surface area contributed by atoms with E-state index in [1.54, 1.807) is 6.92 Å². The van der Waals surface area contributed by atoms with Crippen LogP contribution in [0.5, 0.6) is 0 Å². The van der Waals surface area contributed by atoms with Crippen LogP contribution in [0, 0.1) is 11.3 Å². The van der Waals surface area contributed by atoms with Gasteiger partial charge in [0.25, 0.3) is 0 Å². The van der Waals surface area contributed by atoms with Gasteiger partial charge in [-0.05, 0) is 18.8 Å². The Morgan fingerprint density at radius 2 is 2.00 bits per heavy atom. The number of carbonyl (C=O) groups is 2. The summed E-state index contributed by atoms with van der Waals surface area (Å²) in [5.74, 6) is -0.727. The molecule has 1 aliphatic rings. The molecule has 17 heavy (non-hydrogen) atoms. The molecule has 0 aromatic carbocycles. The van der Waals surface area contributed by atoms with Gasteiger partial charge >= 0.3 is 5.97 Å². The molecule has 0 aliphatic heterocycles. The molecule has 1 fully saturated rings. The third-order valence-electron chi connectivity index (χ3n) is 2.95. The molecule has 0 aromatic heterocycles. The average Bonchev–Trinajstić information content (AvgIpc) is 2.81. The molecule has 0 bridgehead atoms. The summed E-state index contributed by atoms with van der Waals surface area (Å²) in [7, 11) is 0. The highest BCUT2D eigenvalue weighted by molar-refractivity contribution is 6.63. The van der Waals surface area contributed by atoms with Crippen molar-refractivity contribution < 1.29 is 19.2 Å². The van der Waals surface area contributed by atoms with E-state index in [-0.39, 0.29) is 17.7 Å². The van der Waals surface area contributed by atoms with Gasteiger partial charge in [-0.2, -0.15) is 0 Å². The lowest BCUT2D eigenvalue weighted by molar-refractivity contribution is -0.136. The highest BCUT2D eigenvalue weighted by Crippen LogP contribution is 2.51. The monoisotopic (exact) mass is 241 g/mol. The molecule has 1 unspecified atom stereocenters. The van der Waals surface area contributed by atoms with E-state index in [1.807, 2.05) is 0 Å². The smallest absolute Gasteiger partial charge is 0.364 e. The Balaban J connectivity index is 2.47. The number of ketones is 1. The lowest BCUT2D eigenvalue weighted by Gasteiger charge is -2.04. The number of ether oxygens (including phenoxy) is 1. The van der Waals surface area contributed by atoms with Crippen LogP contribution in [0.4, 0.5) is 0 Å². The van der Waals surface area contributed by atoms with E-state index in [0.717, 1.165) is 6.42 Å². The number of oxime groups is 1. The Hall–Kier alpha value is -1.39. The maximum atomic E-state index is 11.3. The Bertz CT molecular complexity index is 346. The highest BCUT2D eigenvalue weighted by atomic mass is 16.6.